The summed E-state index contributed by atoms with van der Waals surface area (Å²) in [4.78, 5) is 6.87. The van der Waals surface area contributed by atoms with E-state index in [0.29, 0.717) is 5.92 Å². The fourth-order valence-corrected chi connectivity index (χ4v) is 3.21. The molecule has 122 valence electrons. The molecule has 0 spiro atoms. The SMILES string of the molecule is CN=C(NCC(C)CN1CCCC1)NCC1(C)CCCO1. The molecule has 2 fully saturated rings. The van der Waals surface area contributed by atoms with Crippen LogP contribution in [0.4, 0.5) is 0 Å². The van der Waals surface area contributed by atoms with Gasteiger partial charge < -0.3 is 20.3 Å². The van der Waals surface area contributed by atoms with E-state index in [2.05, 4.69) is 34.4 Å². The minimum Gasteiger partial charge on any atom is -0.373 e. The van der Waals surface area contributed by atoms with E-state index >= 15 is 0 Å². The summed E-state index contributed by atoms with van der Waals surface area (Å²) in [6.07, 6.45) is 5.02. The third-order valence-corrected chi connectivity index (χ3v) is 4.54. The zero-order valence-corrected chi connectivity index (χ0v) is 14.0. The van der Waals surface area contributed by atoms with E-state index in [1.807, 2.05) is 7.05 Å². The third kappa shape index (κ3) is 5.47. The van der Waals surface area contributed by atoms with Crippen LogP contribution < -0.4 is 10.6 Å². The molecule has 2 atom stereocenters. The molecule has 2 aliphatic heterocycles. The Kier molecular flexibility index (Phi) is 6.30. The van der Waals surface area contributed by atoms with E-state index in [9.17, 15) is 0 Å². The molecule has 5 nitrogen and oxygen atoms in total. The topological polar surface area (TPSA) is 48.9 Å². The zero-order chi connectivity index (χ0) is 15.1. The lowest BCUT2D eigenvalue weighted by atomic mass is 10.0. The summed E-state index contributed by atoms with van der Waals surface area (Å²) in [6, 6.07) is 0. The fourth-order valence-electron chi connectivity index (χ4n) is 3.21. The van der Waals surface area contributed by atoms with Crippen molar-refractivity contribution in [2.24, 2.45) is 10.9 Å². The van der Waals surface area contributed by atoms with E-state index < -0.39 is 0 Å². The zero-order valence-electron chi connectivity index (χ0n) is 14.0. The van der Waals surface area contributed by atoms with Gasteiger partial charge in [0, 0.05) is 33.3 Å². The average Bonchev–Trinajstić information content (AvgIpc) is 3.11. The summed E-state index contributed by atoms with van der Waals surface area (Å²) in [5, 5.41) is 6.84. The minimum absolute atomic E-state index is 0.0290. The first-order valence-corrected chi connectivity index (χ1v) is 8.42. The van der Waals surface area contributed by atoms with Crippen LogP contribution in [0.3, 0.4) is 0 Å². The Bertz CT molecular complexity index is 333. The molecule has 5 heteroatoms. The number of nitrogens with one attached hydrogen (secondary N) is 2. The van der Waals surface area contributed by atoms with Gasteiger partial charge in [-0.3, -0.25) is 4.99 Å². The number of ether oxygens (including phenoxy) is 1. The van der Waals surface area contributed by atoms with Crippen LogP contribution in [0.2, 0.25) is 0 Å². The predicted molar refractivity (Wildman–Crippen MR) is 87.8 cm³/mol. The molecular formula is C16H32N4O. The molecule has 0 aromatic carbocycles. The van der Waals surface area contributed by atoms with Crippen LogP contribution in [0.5, 0.6) is 0 Å². The molecule has 0 aliphatic carbocycles. The molecule has 2 N–H and O–H groups in total. The van der Waals surface area contributed by atoms with Gasteiger partial charge in [-0.1, -0.05) is 6.92 Å². The van der Waals surface area contributed by atoms with Crippen molar-refractivity contribution in [3.63, 3.8) is 0 Å². The lowest BCUT2D eigenvalue weighted by Gasteiger charge is -2.25. The number of hydrogen-bond donors (Lipinski definition) is 2. The van der Waals surface area contributed by atoms with E-state index in [-0.39, 0.29) is 5.60 Å². The summed E-state index contributed by atoms with van der Waals surface area (Å²) < 4.78 is 5.80. The van der Waals surface area contributed by atoms with Crippen molar-refractivity contribution in [2.75, 3.05) is 46.4 Å². The second kappa shape index (κ2) is 7.99. The number of aliphatic imine (C=N–C) groups is 1. The fraction of sp³-hybridized carbons (Fsp3) is 0.938. The predicted octanol–water partition coefficient (Wildman–Crippen LogP) is 1.45. The number of likely N-dealkylation sites (tertiary alicyclic amines) is 1. The summed E-state index contributed by atoms with van der Waals surface area (Å²) in [7, 11) is 1.83. The van der Waals surface area contributed by atoms with Crippen molar-refractivity contribution in [1.29, 1.82) is 0 Å². The largest absolute Gasteiger partial charge is 0.373 e. The van der Waals surface area contributed by atoms with Crippen molar-refractivity contribution in [3.8, 4) is 0 Å². The first kappa shape index (κ1) is 16.6. The van der Waals surface area contributed by atoms with Crippen LogP contribution in [0, 0.1) is 5.92 Å². The first-order valence-electron chi connectivity index (χ1n) is 8.42. The molecular weight excluding hydrogens is 264 g/mol. The van der Waals surface area contributed by atoms with Crippen molar-refractivity contribution < 1.29 is 4.74 Å². The van der Waals surface area contributed by atoms with Gasteiger partial charge in [-0.25, -0.2) is 0 Å². The minimum atomic E-state index is -0.0290. The smallest absolute Gasteiger partial charge is 0.191 e. The van der Waals surface area contributed by atoms with Gasteiger partial charge in [-0.2, -0.15) is 0 Å². The first-order chi connectivity index (χ1) is 10.1. The van der Waals surface area contributed by atoms with Crippen molar-refractivity contribution in [3.05, 3.63) is 0 Å². The highest BCUT2D eigenvalue weighted by atomic mass is 16.5. The third-order valence-electron chi connectivity index (χ3n) is 4.54. The molecule has 21 heavy (non-hydrogen) atoms. The summed E-state index contributed by atoms with van der Waals surface area (Å²) in [5.74, 6) is 1.53. The molecule has 2 unspecified atom stereocenters. The van der Waals surface area contributed by atoms with Gasteiger partial charge in [-0.05, 0) is 51.6 Å². The molecule has 2 heterocycles. The number of hydrogen-bond acceptors (Lipinski definition) is 3. The molecule has 0 saturated carbocycles. The summed E-state index contributed by atoms with van der Waals surface area (Å²) in [6.45, 7) is 10.9. The van der Waals surface area contributed by atoms with Crippen LogP contribution in [-0.2, 0) is 4.74 Å². The Balaban J connectivity index is 1.64. The van der Waals surface area contributed by atoms with Crippen molar-refractivity contribution in [1.82, 2.24) is 15.5 Å². The van der Waals surface area contributed by atoms with Crippen LogP contribution in [0.1, 0.15) is 39.5 Å². The van der Waals surface area contributed by atoms with Crippen LogP contribution in [0.15, 0.2) is 4.99 Å². The van der Waals surface area contributed by atoms with Crippen molar-refractivity contribution >= 4 is 5.96 Å². The Labute approximate surface area is 129 Å². The molecule has 2 saturated heterocycles. The van der Waals surface area contributed by atoms with Gasteiger partial charge >= 0.3 is 0 Å². The number of rotatable bonds is 6. The number of guanidine groups is 1. The van der Waals surface area contributed by atoms with Crippen LogP contribution in [-0.4, -0.2) is 62.8 Å². The van der Waals surface area contributed by atoms with Gasteiger partial charge in [0.2, 0.25) is 0 Å². The Hall–Kier alpha value is -0.810. The van der Waals surface area contributed by atoms with Gasteiger partial charge in [0.1, 0.15) is 0 Å². The highest BCUT2D eigenvalue weighted by Gasteiger charge is 2.29. The highest BCUT2D eigenvalue weighted by Crippen LogP contribution is 2.23. The van der Waals surface area contributed by atoms with Gasteiger partial charge in [0.05, 0.1) is 5.60 Å². The Morgan fingerprint density at radius 2 is 2.05 bits per heavy atom. The van der Waals surface area contributed by atoms with Crippen LogP contribution in [0.25, 0.3) is 0 Å². The Morgan fingerprint density at radius 3 is 2.67 bits per heavy atom. The van der Waals surface area contributed by atoms with Gasteiger partial charge in [0.15, 0.2) is 5.96 Å². The van der Waals surface area contributed by atoms with E-state index in [1.54, 1.807) is 0 Å². The van der Waals surface area contributed by atoms with Gasteiger partial charge in [-0.15, -0.1) is 0 Å². The highest BCUT2D eigenvalue weighted by molar-refractivity contribution is 5.79. The molecule has 0 aromatic rings. The molecule has 0 bridgehead atoms. The lowest BCUT2D eigenvalue weighted by molar-refractivity contribution is 0.0242. The quantitative estimate of drug-likeness (QED) is 0.575. The van der Waals surface area contributed by atoms with E-state index in [1.165, 1.54) is 32.5 Å². The molecule has 0 amide bonds. The standard InChI is InChI=1S/C16H32N4O/c1-14(12-20-8-4-5-9-20)11-18-15(17-3)19-13-16(2)7-6-10-21-16/h14H,4-13H2,1-3H3,(H2,17,18,19). The van der Waals surface area contributed by atoms with E-state index in [4.69, 9.17) is 4.74 Å². The maximum Gasteiger partial charge on any atom is 0.191 e. The summed E-state index contributed by atoms with van der Waals surface area (Å²) >= 11 is 0. The maximum absolute atomic E-state index is 5.80. The second-order valence-electron chi connectivity index (χ2n) is 6.82. The Morgan fingerprint density at radius 1 is 1.29 bits per heavy atom. The van der Waals surface area contributed by atoms with Crippen LogP contribution >= 0.6 is 0 Å². The lowest BCUT2D eigenvalue weighted by Crippen LogP contribution is -2.47. The molecule has 0 aromatic heterocycles. The molecule has 0 radical (unpaired) electrons. The van der Waals surface area contributed by atoms with Crippen molar-refractivity contribution in [2.45, 2.75) is 45.1 Å². The second-order valence-corrected chi connectivity index (χ2v) is 6.82. The molecule has 2 rings (SSSR count). The van der Waals surface area contributed by atoms with E-state index in [0.717, 1.165) is 38.5 Å². The summed E-state index contributed by atoms with van der Waals surface area (Å²) in [5.41, 5.74) is -0.0290. The number of nitrogens with zero attached hydrogens (tertiary/aromatic N) is 2. The molecule has 2 aliphatic rings. The monoisotopic (exact) mass is 296 g/mol. The maximum atomic E-state index is 5.80. The normalized spacial score (nSPS) is 28.8. The van der Waals surface area contributed by atoms with Gasteiger partial charge in [0.25, 0.3) is 0 Å². The average molecular weight is 296 g/mol.